The number of carbonyl (C=O) groups is 1. The van der Waals surface area contributed by atoms with Crippen LogP contribution in [0.25, 0.3) is 0 Å². The molecule has 1 aromatic rings. The summed E-state index contributed by atoms with van der Waals surface area (Å²) in [5.41, 5.74) is 2.60. The lowest BCUT2D eigenvalue weighted by molar-refractivity contribution is -0.0934. The first-order chi connectivity index (χ1) is 13.5. The standard InChI is InChI=1S/C24H33NO3/c1-15-13-16(2)22-17(3)21(15)14-27-23(22)18-9-11-20(12-10-18)28-24(26)25-19-7-5-4-6-8-19/h9-13,15,17,19,21-23H,4-8,14H2,1-3H3,(H,25,26)/t15-,17-,21+,22+,23+/m0/s1. The molecule has 28 heavy (non-hydrogen) atoms. The van der Waals surface area contributed by atoms with Crippen LogP contribution < -0.4 is 10.1 Å². The van der Waals surface area contributed by atoms with E-state index >= 15 is 0 Å². The van der Waals surface area contributed by atoms with Crippen LogP contribution >= 0.6 is 0 Å². The summed E-state index contributed by atoms with van der Waals surface area (Å²) in [5.74, 6) is 2.83. The highest BCUT2D eigenvalue weighted by molar-refractivity contribution is 5.70. The largest absolute Gasteiger partial charge is 0.412 e. The van der Waals surface area contributed by atoms with Gasteiger partial charge in [-0.15, -0.1) is 0 Å². The zero-order valence-electron chi connectivity index (χ0n) is 17.3. The number of carbonyl (C=O) groups excluding carboxylic acids is 1. The average molecular weight is 384 g/mol. The molecule has 0 spiro atoms. The van der Waals surface area contributed by atoms with Crippen LogP contribution in [-0.4, -0.2) is 18.7 Å². The molecule has 0 radical (unpaired) electrons. The highest BCUT2D eigenvalue weighted by Gasteiger charge is 2.43. The van der Waals surface area contributed by atoms with Crippen LogP contribution in [0.15, 0.2) is 35.9 Å². The molecule has 3 aliphatic rings. The van der Waals surface area contributed by atoms with Gasteiger partial charge in [0.25, 0.3) is 0 Å². The summed E-state index contributed by atoms with van der Waals surface area (Å²) in [7, 11) is 0. The maximum atomic E-state index is 12.2. The molecule has 2 fully saturated rings. The molecule has 4 heteroatoms. The third-order valence-corrected chi connectivity index (χ3v) is 7.11. The number of allylic oxidation sites excluding steroid dienone is 1. The fourth-order valence-electron chi connectivity index (χ4n) is 5.52. The number of fused-ring (bicyclic) bond motifs is 2. The predicted octanol–water partition coefficient (Wildman–Crippen LogP) is 5.64. The van der Waals surface area contributed by atoms with Crippen molar-refractivity contribution in [3.63, 3.8) is 0 Å². The minimum absolute atomic E-state index is 0.0834. The fraction of sp³-hybridized carbons (Fsp3) is 0.625. The Hall–Kier alpha value is -1.81. The Morgan fingerprint density at radius 3 is 2.54 bits per heavy atom. The van der Waals surface area contributed by atoms with Crippen LogP contribution in [0, 0.1) is 23.7 Å². The Bertz CT molecular complexity index is 720. The normalized spacial score (nSPS) is 33.1. The van der Waals surface area contributed by atoms with E-state index in [2.05, 4.69) is 32.2 Å². The molecular formula is C24H33NO3. The van der Waals surface area contributed by atoms with Gasteiger partial charge in [-0.05, 0) is 55.2 Å². The Kier molecular flexibility index (Phi) is 5.77. The Labute approximate surface area is 168 Å². The van der Waals surface area contributed by atoms with Crippen LogP contribution in [0.3, 0.4) is 0 Å². The van der Waals surface area contributed by atoms with Gasteiger partial charge in [0, 0.05) is 12.0 Å². The Morgan fingerprint density at radius 1 is 1.11 bits per heavy atom. The van der Waals surface area contributed by atoms with E-state index in [1.54, 1.807) is 0 Å². The van der Waals surface area contributed by atoms with Gasteiger partial charge in [0.15, 0.2) is 0 Å². The minimum Gasteiger partial charge on any atom is -0.410 e. The average Bonchev–Trinajstić information content (AvgIpc) is 2.67. The number of hydrogen-bond acceptors (Lipinski definition) is 3. The molecule has 1 N–H and O–H groups in total. The lowest BCUT2D eigenvalue weighted by atomic mass is 9.64. The van der Waals surface area contributed by atoms with E-state index in [0.717, 1.165) is 25.0 Å². The summed E-state index contributed by atoms with van der Waals surface area (Å²) < 4.78 is 11.8. The molecule has 1 aliphatic heterocycles. The smallest absolute Gasteiger partial charge is 0.410 e. The maximum Gasteiger partial charge on any atom is 0.412 e. The summed E-state index contributed by atoms with van der Waals surface area (Å²) in [5, 5.41) is 3.00. The van der Waals surface area contributed by atoms with Crippen molar-refractivity contribution in [2.45, 2.75) is 65.0 Å². The van der Waals surface area contributed by atoms with Crippen molar-refractivity contribution in [2.75, 3.05) is 6.61 Å². The second kappa shape index (κ2) is 8.28. The van der Waals surface area contributed by atoms with Gasteiger partial charge in [-0.3, -0.25) is 0 Å². The molecule has 1 heterocycles. The van der Waals surface area contributed by atoms with Gasteiger partial charge in [-0.2, -0.15) is 0 Å². The molecule has 2 bridgehead atoms. The van der Waals surface area contributed by atoms with Crippen molar-refractivity contribution in [1.82, 2.24) is 5.32 Å². The number of rotatable bonds is 3. The lowest BCUT2D eigenvalue weighted by Gasteiger charge is -2.47. The van der Waals surface area contributed by atoms with Crippen molar-refractivity contribution < 1.29 is 14.3 Å². The molecular weight excluding hydrogens is 350 g/mol. The van der Waals surface area contributed by atoms with Gasteiger partial charge in [0.2, 0.25) is 0 Å². The van der Waals surface area contributed by atoms with E-state index in [1.165, 1.54) is 24.8 Å². The van der Waals surface area contributed by atoms with Gasteiger partial charge < -0.3 is 14.8 Å². The minimum atomic E-state index is -0.343. The zero-order chi connectivity index (χ0) is 19.7. The monoisotopic (exact) mass is 383 g/mol. The van der Waals surface area contributed by atoms with Gasteiger partial charge >= 0.3 is 6.09 Å². The Morgan fingerprint density at radius 2 is 1.82 bits per heavy atom. The number of ether oxygens (including phenoxy) is 2. The van der Waals surface area contributed by atoms with E-state index in [1.807, 2.05) is 24.3 Å². The maximum absolute atomic E-state index is 12.2. The third-order valence-electron chi connectivity index (χ3n) is 7.11. The van der Waals surface area contributed by atoms with Crippen LogP contribution in [0.5, 0.6) is 5.75 Å². The molecule has 0 aromatic heterocycles. The molecule has 2 aliphatic carbocycles. The summed E-state index contributed by atoms with van der Waals surface area (Å²) in [6, 6.07) is 8.13. The van der Waals surface area contributed by atoms with Gasteiger partial charge in [-0.25, -0.2) is 4.79 Å². The Balaban J connectivity index is 1.40. The van der Waals surface area contributed by atoms with Gasteiger partial charge in [0.05, 0.1) is 12.7 Å². The summed E-state index contributed by atoms with van der Waals surface area (Å²) in [6.07, 6.45) is 7.93. The summed E-state index contributed by atoms with van der Waals surface area (Å²) in [6.45, 7) is 7.72. The van der Waals surface area contributed by atoms with E-state index in [9.17, 15) is 4.79 Å². The SMILES string of the molecule is CC1=C[C@H](C)[C@H]2CO[C@H](c3ccc(OC(=O)NC4CCCCC4)cc3)[C@H]1[C@H]2C. The topological polar surface area (TPSA) is 47.6 Å². The van der Waals surface area contributed by atoms with Crippen LogP contribution in [0.4, 0.5) is 4.79 Å². The fourth-order valence-corrected chi connectivity index (χ4v) is 5.52. The van der Waals surface area contributed by atoms with Gasteiger partial charge in [-0.1, -0.05) is 56.9 Å². The molecule has 1 saturated carbocycles. The first-order valence-electron chi connectivity index (χ1n) is 10.9. The van der Waals surface area contributed by atoms with Crippen molar-refractivity contribution in [3.8, 4) is 5.75 Å². The zero-order valence-corrected chi connectivity index (χ0v) is 17.3. The van der Waals surface area contributed by atoms with Crippen molar-refractivity contribution in [2.24, 2.45) is 23.7 Å². The quantitative estimate of drug-likeness (QED) is 0.687. The van der Waals surface area contributed by atoms with E-state index < -0.39 is 0 Å². The second-order valence-electron chi connectivity index (χ2n) is 9.01. The molecule has 1 saturated heterocycles. The number of benzene rings is 1. The van der Waals surface area contributed by atoms with E-state index in [-0.39, 0.29) is 18.2 Å². The van der Waals surface area contributed by atoms with Crippen LogP contribution in [0.1, 0.15) is 64.5 Å². The highest BCUT2D eigenvalue weighted by atomic mass is 16.6. The first kappa shape index (κ1) is 19.5. The number of hydrogen-bond donors (Lipinski definition) is 1. The molecule has 0 unspecified atom stereocenters. The van der Waals surface area contributed by atoms with Crippen molar-refractivity contribution in [3.05, 3.63) is 41.5 Å². The van der Waals surface area contributed by atoms with Crippen molar-refractivity contribution >= 4 is 6.09 Å². The van der Waals surface area contributed by atoms with E-state index in [4.69, 9.17) is 9.47 Å². The van der Waals surface area contributed by atoms with E-state index in [0.29, 0.717) is 29.4 Å². The van der Waals surface area contributed by atoms with Crippen LogP contribution in [0.2, 0.25) is 0 Å². The molecule has 152 valence electrons. The second-order valence-corrected chi connectivity index (χ2v) is 9.01. The predicted molar refractivity (Wildman–Crippen MR) is 110 cm³/mol. The molecule has 1 amide bonds. The van der Waals surface area contributed by atoms with Crippen molar-refractivity contribution in [1.29, 1.82) is 0 Å². The highest BCUT2D eigenvalue weighted by Crippen LogP contribution is 2.49. The first-order valence-corrected chi connectivity index (χ1v) is 10.9. The number of nitrogens with one attached hydrogen (secondary N) is 1. The molecule has 5 atom stereocenters. The molecule has 1 aromatic carbocycles. The van der Waals surface area contributed by atoms with Crippen LogP contribution in [-0.2, 0) is 4.74 Å². The molecule has 4 rings (SSSR count). The summed E-state index contributed by atoms with van der Waals surface area (Å²) in [4.78, 5) is 12.2. The van der Waals surface area contributed by atoms with Gasteiger partial charge in [0.1, 0.15) is 5.75 Å². The molecule has 4 nitrogen and oxygen atoms in total. The third kappa shape index (κ3) is 3.98. The summed E-state index contributed by atoms with van der Waals surface area (Å²) >= 11 is 0. The number of amides is 1. The lowest BCUT2D eigenvalue weighted by Crippen LogP contribution is -2.42.